The summed E-state index contributed by atoms with van der Waals surface area (Å²) < 4.78 is 0. The fourth-order valence-electron chi connectivity index (χ4n) is 2.48. The Bertz CT molecular complexity index is 433. The van der Waals surface area contributed by atoms with Crippen molar-refractivity contribution in [3.05, 3.63) is 23.5 Å². The van der Waals surface area contributed by atoms with E-state index in [-0.39, 0.29) is 0 Å². The Balaban J connectivity index is 2.11. The SMILES string of the molecule is CC1C2CC1c1nc(C#N)ccc1N2. The monoisotopic (exact) mass is 185 g/mol. The van der Waals surface area contributed by atoms with Gasteiger partial charge in [-0.15, -0.1) is 0 Å². The molecule has 2 bridgehead atoms. The maximum Gasteiger partial charge on any atom is 0.140 e. The first-order valence-corrected chi connectivity index (χ1v) is 4.97. The summed E-state index contributed by atoms with van der Waals surface area (Å²) in [5, 5.41) is 12.2. The van der Waals surface area contributed by atoms with E-state index in [1.807, 2.05) is 6.07 Å². The Kier molecular flexibility index (Phi) is 1.38. The van der Waals surface area contributed by atoms with E-state index in [0.717, 1.165) is 11.4 Å². The van der Waals surface area contributed by atoms with Crippen LogP contribution in [0.3, 0.4) is 0 Å². The van der Waals surface area contributed by atoms with E-state index in [0.29, 0.717) is 23.6 Å². The van der Waals surface area contributed by atoms with Crippen molar-refractivity contribution in [2.24, 2.45) is 5.92 Å². The Morgan fingerprint density at radius 1 is 1.57 bits per heavy atom. The van der Waals surface area contributed by atoms with Crippen LogP contribution in [0.15, 0.2) is 12.1 Å². The van der Waals surface area contributed by atoms with Gasteiger partial charge >= 0.3 is 0 Å². The quantitative estimate of drug-likeness (QED) is 0.671. The van der Waals surface area contributed by atoms with Gasteiger partial charge in [-0.25, -0.2) is 4.98 Å². The van der Waals surface area contributed by atoms with Gasteiger partial charge in [0.15, 0.2) is 0 Å². The highest BCUT2D eigenvalue weighted by molar-refractivity contribution is 5.57. The molecule has 70 valence electrons. The first-order valence-electron chi connectivity index (χ1n) is 4.97. The van der Waals surface area contributed by atoms with Crippen molar-refractivity contribution in [1.82, 2.24) is 4.98 Å². The number of hydrogen-bond donors (Lipinski definition) is 1. The van der Waals surface area contributed by atoms with Crippen LogP contribution in [0, 0.1) is 17.2 Å². The molecule has 2 aliphatic heterocycles. The van der Waals surface area contributed by atoms with Crippen molar-refractivity contribution in [2.75, 3.05) is 5.32 Å². The van der Waals surface area contributed by atoms with Crippen molar-refractivity contribution in [1.29, 1.82) is 5.26 Å². The van der Waals surface area contributed by atoms with Gasteiger partial charge in [0.25, 0.3) is 0 Å². The van der Waals surface area contributed by atoms with Crippen molar-refractivity contribution in [3.8, 4) is 6.07 Å². The number of pyridine rings is 1. The van der Waals surface area contributed by atoms with Gasteiger partial charge in [0.05, 0.1) is 11.4 Å². The predicted molar refractivity (Wildman–Crippen MR) is 52.9 cm³/mol. The lowest BCUT2D eigenvalue weighted by Gasteiger charge is -2.48. The van der Waals surface area contributed by atoms with Gasteiger partial charge in [-0.3, -0.25) is 0 Å². The molecule has 0 amide bonds. The lowest BCUT2D eigenvalue weighted by molar-refractivity contribution is 0.226. The van der Waals surface area contributed by atoms with Gasteiger partial charge in [-0.1, -0.05) is 6.92 Å². The van der Waals surface area contributed by atoms with Crippen LogP contribution in [0.4, 0.5) is 5.69 Å². The summed E-state index contributed by atoms with van der Waals surface area (Å²) in [6.07, 6.45) is 1.18. The summed E-state index contributed by atoms with van der Waals surface area (Å²) in [7, 11) is 0. The smallest absolute Gasteiger partial charge is 0.140 e. The van der Waals surface area contributed by atoms with Crippen molar-refractivity contribution in [2.45, 2.75) is 25.3 Å². The average molecular weight is 185 g/mol. The summed E-state index contributed by atoms with van der Waals surface area (Å²) in [6, 6.07) is 6.48. The molecule has 0 saturated heterocycles. The molecule has 3 atom stereocenters. The summed E-state index contributed by atoms with van der Waals surface area (Å²) in [6.45, 7) is 2.25. The Hall–Kier alpha value is -1.56. The largest absolute Gasteiger partial charge is 0.381 e. The Morgan fingerprint density at radius 3 is 3.14 bits per heavy atom. The second-order valence-electron chi connectivity index (χ2n) is 4.19. The highest BCUT2D eigenvalue weighted by Crippen LogP contribution is 2.49. The Morgan fingerprint density at radius 2 is 2.43 bits per heavy atom. The third-order valence-corrected chi connectivity index (χ3v) is 3.51. The van der Waals surface area contributed by atoms with Crippen LogP contribution in [0.1, 0.15) is 30.7 Å². The second kappa shape index (κ2) is 2.48. The predicted octanol–water partition coefficient (Wildman–Crippen LogP) is 1.87. The molecule has 0 radical (unpaired) electrons. The van der Waals surface area contributed by atoms with Gasteiger partial charge in [-0.05, 0) is 24.5 Å². The molecule has 3 heterocycles. The summed E-state index contributed by atoms with van der Waals surface area (Å²) in [4.78, 5) is 4.38. The molecule has 1 fully saturated rings. The molecule has 3 aliphatic rings. The van der Waals surface area contributed by atoms with Crippen LogP contribution in [0.5, 0.6) is 0 Å². The van der Waals surface area contributed by atoms with E-state index in [9.17, 15) is 0 Å². The molecule has 1 aromatic rings. The van der Waals surface area contributed by atoms with Crippen LogP contribution in [-0.4, -0.2) is 11.0 Å². The molecular formula is C11H11N3. The fraction of sp³-hybridized carbons (Fsp3) is 0.455. The number of aromatic nitrogens is 1. The third kappa shape index (κ3) is 0.832. The van der Waals surface area contributed by atoms with E-state index in [4.69, 9.17) is 5.26 Å². The number of anilines is 1. The summed E-state index contributed by atoms with van der Waals surface area (Å²) in [5.74, 6) is 1.24. The zero-order valence-corrected chi connectivity index (χ0v) is 7.99. The number of nitrogens with zero attached hydrogens (tertiary/aromatic N) is 2. The molecule has 1 saturated carbocycles. The van der Waals surface area contributed by atoms with Gasteiger partial charge in [0.2, 0.25) is 0 Å². The minimum Gasteiger partial charge on any atom is -0.381 e. The third-order valence-electron chi connectivity index (χ3n) is 3.51. The first kappa shape index (κ1) is 7.81. The number of nitrogens with one attached hydrogen (secondary N) is 1. The van der Waals surface area contributed by atoms with Crippen LogP contribution in [0.2, 0.25) is 0 Å². The fourth-order valence-corrected chi connectivity index (χ4v) is 2.48. The highest BCUT2D eigenvalue weighted by Gasteiger charge is 2.44. The average Bonchev–Trinajstić information content (AvgIpc) is 2.26. The normalized spacial score (nSPS) is 32.1. The molecular weight excluding hydrogens is 174 g/mol. The first-order chi connectivity index (χ1) is 6.79. The molecule has 3 unspecified atom stereocenters. The maximum absolute atomic E-state index is 8.77. The van der Waals surface area contributed by atoms with E-state index in [2.05, 4.69) is 23.3 Å². The molecule has 0 spiro atoms. The highest BCUT2D eigenvalue weighted by atomic mass is 15.0. The zero-order chi connectivity index (χ0) is 9.71. The van der Waals surface area contributed by atoms with Crippen LogP contribution in [0.25, 0.3) is 0 Å². The van der Waals surface area contributed by atoms with Crippen LogP contribution < -0.4 is 5.32 Å². The van der Waals surface area contributed by atoms with Gasteiger partial charge in [-0.2, -0.15) is 5.26 Å². The lowest BCUT2D eigenvalue weighted by atomic mass is 9.65. The van der Waals surface area contributed by atoms with E-state index < -0.39 is 0 Å². The molecule has 1 aromatic heterocycles. The van der Waals surface area contributed by atoms with Gasteiger partial charge in [0.1, 0.15) is 11.8 Å². The number of hydrogen-bond acceptors (Lipinski definition) is 3. The minimum absolute atomic E-state index is 0.531. The molecule has 3 heteroatoms. The maximum atomic E-state index is 8.77. The molecule has 3 nitrogen and oxygen atoms in total. The van der Waals surface area contributed by atoms with E-state index >= 15 is 0 Å². The molecule has 14 heavy (non-hydrogen) atoms. The number of rotatable bonds is 0. The summed E-state index contributed by atoms with van der Waals surface area (Å²) >= 11 is 0. The molecule has 0 aromatic carbocycles. The van der Waals surface area contributed by atoms with Gasteiger partial charge in [0, 0.05) is 12.0 Å². The molecule has 1 aliphatic carbocycles. The molecule has 1 N–H and O–H groups in total. The van der Waals surface area contributed by atoms with Crippen LogP contribution >= 0.6 is 0 Å². The van der Waals surface area contributed by atoms with Crippen molar-refractivity contribution >= 4 is 5.69 Å². The lowest BCUT2D eigenvalue weighted by Crippen LogP contribution is -2.48. The standard InChI is InChI=1S/C11H11N3/c1-6-8-4-10(6)14-9-3-2-7(5-12)13-11(8)9/h2-3,6,8,10,14H,4H2,1H3. The second-order valence-corrected chi connectivity index (χ2v) is 4.19. The van der Waals surface area contributed by atoms with Crippen molar-refractivity contribution in [3.63, 3.8) is 0 Å². The zero-order valence-electron chi connectivity index (χ0n) is 7.99. The van der Waals surface area contributed by atoms with Gasteiger partial charge < -0.3 is 5.32 Å². The minimum atomic E-state index is 0.531. The van der Waals surface area contributed by atoms with Crippen molar-refractivity contribution < 1.29 is 0 Å². The topological polar surface area (TPSA) is 48.7 Å². The Labute approximate surface area is 82.8 Å². The van der Waals surface area contributed by atoms with Crippen LogP contribution in [-0.2, 0) is 0 Å². The molecule has 4 rings (SSSR count). The van der Waals surface area contributed by atoms with E-state index in [1.165, 1.54) is 6.42 Å². The number of nitriles is 1. The summed E-state index contributed by atoms with van der Waals surface area (Å²) in [5.41, 5.74) is 2.76. The van der Waals surface area contributed by atoms with E-state index in [1.54, 1.807) is 6.07 Å².